The van der Waals surface area contributed by atoms with E-state index in [0.717, 1.165) is 24.9 Å². The van der Waals surface area contributed by atoms with E-state index in [-0.39, 0.29) is 11.8 Å². The summed E-state index contributed by atoms with van der Waals surface area (Å²) in [6, 6.07) is 9.87. The summed E-state index contributed by atoms with van der Waals surface area (Å²) in [7, 11) is -3.18. The van der Waals surface area contributed by atoms with Crippen LogP contribution in [-0.2, 0) is 16.6 Å². The van der Waals surface area contributed by atoms with Gasteiger partial charge >= 0.3 is 0 Å². The fourth-order valence-corrected chi connectivity index (χ4v) is 4.20. The van der Waals surface area contributed by atoms with Crippen molar-refractivity contribution >= 4 is 10.0 Å². The SMILES string of the molecule is CCN(Cc1ccccc1)S(=O)(=O)CC1CCCN1. The van der Waals surface area contributed by atoms with Crippen LogP contribution in [0.1, 0.15) is 25.3 Å². The second kappa shape index (κ2) is 6.50. The Bertz CT molecular complexity index is 481. The monoisotopic (exact) mass is 282 g/mol. The van der Waals surface area contributed by atoms with Crippen LogP contribution >= 0.6 is 0 Å². The van der Waals surface area contributed by atoms with E-state index in [1.807, 2.05) is 37.3 Å². The zero-order valence-electron chi connectivity index (χ0n) is 11.4. The highest BCUT2D eigenvalue weighted by atomic mass is 32.2. The van der Waals surface area contributed by atoms with Crippen LogP contribution in [0.3, 0.4) is 0 Å². The molecule has 0 aliphatic carbocycles. The summed E-state index contributed by atoms with van der Waals surface area (Å²) in [6.45, 7) is 3.81. The van der Waals surface area contributed by atoms with E-state index in [4.69, 9.17) is 0 Å². The van der Waals surface area contributed by atoms with Crippen LogP contribution in [0.15, 0.2) is 30.3 Å². The van der Waals surface area contributed by atoms with Gasteiger partial charge in [0.25, 0.3) is 0 Å². The number of sulfonamides is 1. The van der Waals surface area contributed by atoms with Crippen LogP contribution in [0.25, 0.3) is 0 Å². The smallest absolute Gasteiger partial charge is 0.215 e. The molecule has 0 saturated carbocycles. The first-order valence-corrected chi connectivity index (χ1v) is 8.48. The van der Waals surface area contributed by atoms with Gasteiger partial charge in [-0.2, -0.15) is 4.31 Å². The Hall–Kier alpha value is -0.910. The average molecular weight is 282 g/mol. The maximum atomic E-state index is 12.4. The van der Waals surface area contributed by atoms with E-state index in [1.165, 1.54) is 0 Å². The molecule has 1 N–H and O–H groups in total. The maximum absolute atomic E-state index is 12.4. The van der Waals surface area contributed by atoms with Crippen LogP contribution in [0.4, 0.5) is 0 Å². The second-order valence-electron chi connectivity index (χ2n) is 4.98. The van der Waals surface area contributed by atoms with Crippen molar-refractivity contribution in [1.29, 1.82) is 0 Å². The van der Waals surface area contributed by atoms with Crippen molar-refractivity contribution in [2.75, 3.05) is 18.8 Å². The first kappa shape index (κ1) is 14.5. The predicted molar refractivity (Wildman–Crippen MR) is 77.3 cm³/mol. The summed E-state index contributed by atoms with van der Waals surface area (Å²) in [6.07, 6.45) is 2.03. The van der Waals surface area contributed by atoms with Gasteiger partial charge in [-0.3, -0.25) is 0 Å². The van der Waals surface area contributed by atoms with Crippen LogP contribution < -0.4 is 5.32 Å². The molecule has 0 amide bonds. The highest BCUT2D eigenvalue weighted by Crippen LogP contribution is 2.14. The third kappa shape index (κ3) is 4.03. The van der Waals surface area contributed by atoms with Gasteiger partial charge in [0.05, 0.1) is 5.75 Å². The fourth-order valence-electron chi connectivity index (χ4n) is 2.45. The van der Waals surface area contributed by atoms with Crippen molar-refractivity contribution in [3.8, 4) is 0 Å². The summed E-state index contributed by atoms with van der Waals surface area (Å²) < 4.78 is 26.4. The molecule has 1 saturated heterocycles. The highest BCUT2D eigenvalue weighted by molar-refractivity contribution is 7.89. The third-order valence-corrected chi connectivity index (χ3v) is 5.52. The quantitative estimate of drug-likeness (QED) is 0.862. The minimum absolute atomic E-state index is 0.120. The molecule has 1 aromatic carbocycles. The van der Waals surface area contributed by atoms with Crippen molar-refractivity contribution in [1.82, 2.24) is 9.62 Å². The van der Waals surface area contributed by atoms with E-state index in [9.17, 15) is 8.42 Å². The lowest BCUT2D eigenvalue weighted by Crippen LogP contribution is -2.39. The van der Waals surface area contributed by atoms with E-state index in [2.05, 4.69) is 5.32 Å². The Morgan fingerprint density at radius 3 is 2.63 bits per heavy atom. The number of hydrogen-bond acceptors (Lipinski definition) is 3. The lowest BCUT2D eigenvalue weighted by atomic mass is 10.2. The number of hydrogen-bond donors (Lipinski definition) is 1. The van der Waals surface area contributed by atoms with E-state index in [1.54, 1.807) is 4.31 Å². The van der Waals surface area contributed by atoms with Crippen LogP contribution in [-0.4, -0.2) is 37.6 Å². The molecule has 1 aromatic rings. The Morgan fingerprint density at radius 2 is 2.05 bits per heavy atom. The zero-order chi connectivity index (χ0) is 13.7. The highest BCUT2D eigenvalue weighted by Gasteiger charge is 2.26. The molecular formula is C14H22N2O2S. The first-order chi connectivity index (χ1) is 9.12. The molecule has 1 aliphatic heterocycles. The Morgan fingerprint density at radius 1 is 1.32 bits per heavy atom. The molecule has 5 heteroatoms. The van der Waals surface area contributed by atoms with Crippen LogP contribution in [0.2, 0.25) is 0 Å². The summed E-state index contributed by atoms with van der Waals surface area (Å²) >= 11 is 0. The predicted octanol–water partition coefficient (Wildman–Crippen LogP) is 1.59. The van der Waals surface area contributed by atoms with Crippen molar-refractivity contribution in [3.05, 3.63) is 35.9 Å². The summed E-state index contributed by atoms with van der Waals surface area (Å²) in [4.78, 5) is 0. The minimum Gasteiger partial charge on any atom is -0.313 e. The number of benzene rings is 1. The van der Waals surface area contributed by atoms with Gasteiger partial charge < -0.3 is 5.32 Å². The van der Waals surface area contributed by atoms with E-state index < -0.39 is 10.0 Å². The maximum Gasteiger partial charge on any atom is 0.215 e. The molecule has 1 unspecified atom stereocenters. The van der Waals surface area contributed by atoms with Gasteiger partial charge in [0.15, 0.2) is 0 Å². The largest absolute Gasteiger partial charge is 0.313 e. The van der Waals surface area contributed by atoms with Crippen molar-refractivity contribution in [3.63, 3.8) is 0 Å². The minimum atomic E-state index is -3.18. The molecule has 106 valence electrons. The standard InChI is InChI=1S/C14H22N2O2S/c1-2-16(11-13-7-4-3-5-8-13)19(17,18)12-14-9-6-10-15-14/h3-5,7-8,14-15H,2,6,9-12H2,1H3. The van der Waals surface area contributed by atoms with Gasteiger partial charge in [0.1, 0.15) is 0 Å². The van der Waals surface area contributed by atoms with Gasteiger partial charge in [-0.25, -0.2) is 8.42 Å². The zero-order valence-corrected chi connectivity index (χ0v) is 12.2. The summed E-state index contributed by atoms with van der Waals surface area (Å²) in [5.41, 5.74) is 1.03. The van der Waals surface area contributed by atoms with Gasteiger partial charge in [0, 0.05) is 19.1 Å². The average Bonchev–Trinajstić information content (AvgIpc) is 2.89. The van der Waals surface area contributed by atoms with Gasteiger partial charge in [-0.1, -0.05) is 37.3 Å². The van der Waals surface area contributed by atoms with Crippen molar-refractivity contribution in [2.24, 2.45) is 0 Å². The Kier molecular flexibility index (Phi) is 4.96. The molecule has 0 bridgehead atoms. The molecular weight excluding hydrogens is 260 g/mol. The number of nitrogens with zero attached hydrogens (tertiary/aromatic N) is 1. The lowest BCUT2D eigenvalue weighted by Gasteiger charge is -2.22. The number of rotatable bonds is 6. The van der Waals surface area contributed by atoms with Crippen LogP contribution in [0, 0.1) is 0 Å². The molecule has 2 rings (SSSR count). The summed E-state index contributed by atoms with van der Waals surface area (Å²) in [5, 5.41) is 3.25. The molecule has 1 atom stereocenters. The first-order valence-electron chi connectivity index (χ1n) is 6.87. The molecule has 4 nitrogen and oxygen atoms in total. The molecule has 0 spiro atoms. The van der Waals surface area contributed by atoms with Crippen molar-refractivity contribution in [2.45, 2.75) is 32.4 Å². The third-order valence-electron chi connectivity index (χ3n) is 3.52. The summed E-state index contributed by atoms with van der Waals surface area (Å²) in [5.74, 6) is 0.216. The van der Waals surface area contributed by atoms with Gasteiger partial charge in [0.2, 0.25) is 10.0 Å². The molecule has 0 radical (unpaired) electrons. The Labute approximate surface area is 115 Å². The number of nitrogens with one attached hydrogen (secondary N) is 1. The molecule has 1 heterocycles. The second-order valence-corrected chi connectivity index (χ2v) is 7.00. The normalized spacial score (nSPS) is 20.0. The lowest BCUT2D eigenvalue weighted by molar-refractivity contribution is 0.418. The van der Waals surface area contributed by atoms with Gasteiger partial charge in [-0.05, 0) is 24.9 Å². The molecule has 1 aliphatic rings. The topological polar surface area (TPSA) is 49.4 Å². The van der Waals surface area contributed by atoms with Crippen molar-refractivity contribution < 1.29 is 8.42 Å². The van der Waals surface area contributed by atoms with E-state index >= 15 is 0 Å². The van der Waals surface area contributed by atoms with E-state index in [0.29, 0.717) is 13.1 Å². The Balaban J connectivity index is 2.03. The molecule has 19 heavy (non-hydrogen) atoms. The van der Waals surface area contributed by atoms with Gasteiger partial charge in [-0.15, -0.1) is 0 Å². The molecule has 1 fully saturated rings. The van der Waals surface area contributed by atoms with Crippen LogP contribution in [0.5, 0.6) is 0 Å². The molecule has 0 aromatic heterocycles. The fraction of sp³-hybridized carbons (Fsp3) is 0.571.